The highest BCUT2D eigenvalue weighted by molar-refractivity contribution is 7.80. The third-order valence-corrected chi connectivity index (χ3v) is 5.76. The first-order valence-electron chi connectivity index (χ1n) is 9.72. The molecule has 4 rings (SSSR count). The summed E-state index contributed by atoms with van der Waals surface area (Å²) >= 11 is 5.22. The lowest BCUT2D eigenvalue weighted by molar-refractivity contribution is -0.385. The molecule has 2 atom stereocenters. The molecule has 1 fully saturated rings. The molecular formula is C21H19N5O4S. The number of nitrogens with two attached hydrogens (primary N) is 1. The lowest BCUT2D eigenvalue weighted by Crippen LogP contribution is -2.35. The van der Waals surface area contributed by atoms with Crippen molar-refractivity contribution in [1.29, 1.82) is 0 Å². The van der Waals surface area contributed by atoms with E-state index >= 15 is 0 Å². The number of thiocarbonyl (C=S) groups is 1. The average Bonchev–Trinajstić information content (AvgIpc) is 3.15. The van der Waals surface area contributed by atoms with Crippen molar-refractivity contribution in [1.82, 2.24) is 5.01 Å². The molecule has 1 heterocycles. The molecule has 0 aromatic heterocycles. The molecule has 2 aliphatic rings. The van der Waals surface area contributed by atoms with E-state index in [4.69, 9.17) is 18.0 Å². The molecule has 31 heavy (non-hydrogen) atoms. The maximum absolute atomic E-state index is 11.3. The summed E-state index contributed by atoms with van der Waals surface area (Å²) in [6.45, 7) is 0. The second-order valence-electron chi connectivity index (χ2n) is 7.49. The molecule has 0 radical (unpaired) electrons. The van der Waals surface area contributed by atoms with Crippen LogP contribution in [-0.4, -0.2) is 25.7 Å². The maximum atomic E-state index is 11.3. The van der Waals surface area contributed by atoms with Gasteiger partial charge in [0.25, 0.3) is 11.4 Å². The number of nitro benzene ring substituents is 2. The van der Waals surface area contributed by atoms with Gasteiger partial charge in [0, 0.05) is 30.2 Å². The van der Waals surface area contributed by atoms with E-state index in [2.05, 4.69) is 5.10 Å². The van der Waals surface area contributed by atoms with Crippen molar-refractivity contribution >= 4 is 40.5 Å². The van der Waals surface area contributed by atoms with Crippen molar-refractivity contribution in [2.24, 2.45) is 16.8 Å². The molecule has 0 amide bonds. The molecule has 0 spiro atoms. The summed E-state index contributed by atoms with van der Waals surface area (Å²) in [6, 6.07) is 12.5. The first-order valence-corrected chi connectivity index (χ1v) is 10.1. The summed E-state index contributed by atoms with van der Waals surface area (Å²) in [5, 5.41) is 28.7. The van der Waals surface area contributed by atoms with Crippen LogP contribution in [0.1, 0.15) is 36.4 Å². The summed E-state index contributed by atoms with van der Waals surface area (Å²) < 4.78 is 0. The fourth-order valence-electron chi connectivity index (χ4n) is 4.27. The Morgan fingerprint density at radius 1 is 1.13 bits per heavy atom. The van der Waals surface area contributed by atoms with E-state index in [1.54, 1.807) is 17.1 Å². The van der Waals surface area contributed by atoms with E-state index < -0.39 is 9.85 Å². The van der Waals surface area contributed by atoms with Gasteiger partial charge in [-0.15, -0.1) is 0 Å². The third kappa shape index (κ3) is 4.02. The van der Waals surface area contributed by atoms with Gasteiger partial charge in [-0.2, -0.15) is 5.10 Å². The van der Waals surface area contributed by atoms with Gasteiger partial charge < -0.3 is 5.73 Å². The highest BCUT2D eigenvalue weighted by Gasteiger charge is 2.42. The van der Waals surface area contributed by atoms with Crippen molar-refractivity contribution in [3.63, 3.8) is 0 Å². The van der Waals surface area contributed by atoms with Crippen LogP contribution in [0.3, 0.4) is 0 Å². The highest BCUT2D eigenvalue weighted by Crippen LogP contribution is 2.44. The van der Waals surface area contributed by atoms with Crippen LogP contribution in [0.25, 0.3) is 6.08 Å². The largest absolute Gasteiger partial charge is 0.375 e. The first kappa shape index (κ1) is 20.6. The summed E-state index contributed by atoms with van der Waals surface area (Å²) in [5.41, 5.74) is 9.20. The molecule has 1 saturated carbocycles. The molecule has 0 saturated heterocycles. The number of benzene rings is 2. The lowest BCUT2D eigenvalue weighted by Gasteiger charge is -2.29. The van der Waals surface area contributed by atoms with Crippen LogP contribution in [-0.2, 0) is 0 Å². The monoisotopic (exact) mass is 437 g/mol. The fourth-order valence-corrected chi connectivity index (χ4v) is 4.42. The van der Waals surface area contributed by atoms with E-state index in [1.807, 2.05) is 18.2 Å². The molecule has 158 valence electrons. The van der Waals surface area contributed by atoms with E-state index in [0.717, 1.165) is 36.1 Å². The van der Waals surface area contributed by atoms with Gasteiger partial charge in [-0.25, -0.2) is 5.01 Å². The van der Waals surface area contributed by atoms with Gasteiger partial charge in [0.2, 0.25) is 0 Å². The van der Waals surface area contributed by atoms with Crippen LogP contribution in [0, 0.1) is 26.1 Å². The number of nitrogens with zero attached hydrogens (tertiary/aromatic N) is 4. The maximum Gasteiger partial charge on any atom is 0.270 e. The van der Waals surface area contributed by atoms with Crippen molar-refractivity contribution in [3.8, 4) is 0 Å². The van der Waals surface area contributed by atoms with Crippen LogP contribution in [0.4, 0.5) is 11.4 Å². The lowest BCUT2D eigenvalue weighted by atomic mass is 9.77. The predicted octanol–water partition coefficient (Wildman–Crippen LogP) is 4.34. The SMILES string of the molecule is NC(=S)N1N=C2/C(=C/c3cccc([N+](=O)[O-])c3)CCC[C@H]2[C@@H]1c1cccc([N+](=O)[O-])c1. The second kappa shape index (κ2) is 8.23. The Morgan fingerprint density at radius 2 is 1.81 bits per heavy atom. The highest BCUT2D eigenvalue weighted by atomic mass is 32.1. The Balaban J connectivity index is 1.74. The normalized spacial score (nSPS) is 21.5. The quantitative estimate of drug-likeness (QED) is 0.428. The Hall–Kier alpha value is -3.66. The molecule has 2 aromatic carbocycles. The predicted molar refractivity (Wildman–Crippen MR) is 120 cm³/mol. The van der Waals surface area contributed by atoms with Gasteiger partial charge in [0.1, 0.15) is 0 Å². The number of hydrogen-bond donors (Lipinski definition) is 1. The Morgan fingerprint density at radius 3 is 2.48 bits per heavy atom. The van der Waals surface area contributed by atoms with Crippen molar-refractivity contribution in [3.05, 3.63) is 85.5 Å². The molecular weight excluding hydrogens is 418 g/mol. The molecule has 1 aliphatic heterocycles. The van der Waals surface area contributed by atoms with E-state index in [9.17, 15) is 20.2 Å². The summed E-state index contributed by atoms with van der Waals surface area (Å²) in [5.74, 6) is -0.0396. The molecule has 2 N–H and O–H groups in total. The smallest absolute Gasteiger partial charge is 0.270 e. The third-order valence-electron chi connectivity index (χ3n) is 5.57. The van der Waals surface area contributed by atoms with Gasteiger partial charge in [-0.1, -0.05) is 24.3 Å². The molecule has 2 aromatic rings. The summed E-state index contributed by atoms with van der Waals surface area (Å²) in [4.78, 5) is 21.5. The van der Waals surface area contributed by atoms with Crippen molar-refractivity contribution < 1.29 is 9.85 Å². The minimum Gasteiger partial charge on any atom is -0.375 e. The molecule has 10 heteroatoms. The first-order chi connectivity index (χ1) is 14.8. The van der Waals surface area contributed by atoms with Crippen LogP contribution >= 0.6 is 12.2 Å². The van der Waals surface area contributed by atoms with Gasteiger partial charge >= 0.3 is 0 Å². The van der Waals surface area contributed by atoms with Crippen LogP contribution in [0.2, 0.25) is 0 Å². The zero-order valence-electron chi connectivity index (χ0n) is 16.4. The van der Waals surface area contributed by atoms with Crippen molar-refractivity contribution in [2.45, 2.75) is 25.3 Å². The molecule has 0 unspecified atom stereocenters. The fraction of sp³-hybridized carbons (Fsp3) is 0.238. The number of hydrazone groups is 1. The molecule has 0 bridgehead atoms. The number of rotatable bonds is 4. The minimum atomic E-state index is -0.431. The van der Waals surface area contributed by atoms with Crippen LogP contribution in [0.5, 0.6) is 0 Å². The van der Waals surface area contributed by atoms with E-state index in [-0.39, 0.29) is 28.4 Å². The summed E-state index contributed by atoms with van der Waals surface area (Å²) in [6.07, 6.45) is 4.40. The number of non-ortho nitro benzene ring substituents is 2. The Labute approximate surface area is 183 Å². The van der Waals surface area contributed by atoms with Gasteiger partial charge in [0.15, 0.2) is 5.11 Å². The summed E-state index contributed by atoms with van der Waals surface area (Å²) in [7, 11) is 0. The molecule has 9 nitrogen and oxygen atoms in total. The molecule has 1 aliphatic carbocycles. The van der Waals surface area contributed by atoms with Crippen LogP contribution < -0.4 is 5.73 Å². The minimum absolute atomic E-state index is 0.00277. The van der Waals surface area contributed by atoms with E-state index in [0.29, 0.717) is 5.56 Å². The van der Waals surface area contributed by atoms with Gasteiger partial charge in [-0.05, 0) is 54.3 Å². The topological polar surface area (TPSA) is 128 Å². The van der Waals surface area contributed by atoms with Gasteiger partial charge in [0.05, 0.1) is 21.6 Å². The zero-order valence-corrected chi connectivity index (χ0v) is 17.2. The van der Waals surface area contributed by atoms with E-state index in [1.165, 1.54) is 24.3 Å². The number of nitro groups is 2. The number of fused-ring (bicyclic) bond motifs is 1. The second-order valence-corrected chi connectivity index (χ2v) is 7.90. The van der Waals surface area contributed by atoms with Crippen molar-refractivity contribution in [2.75, 3.05) is 0 Å². The number of allylic oxidation sites excluding steroid dienone is 1. The number of hydrogen-bond acceptors (Lipinski definition) is 6. The Bertz CT molecular complexity index is 1150. The standard InChI is InChI=1S/C21H19N5O4S/c22-21(31)24-20(15-6-2-8-17(12-15)26(29)30)18-9-3-5-14(19(18)23-24)10-13-4-1-7-16(11-13)25(27)28/h1-2,4,6-8,10-12,18,20H,3,5,9H2,(H2,22,31)/b14-10+/t18-,20+/m1/s1. The average molecular weight is 437 g/mol. The van der Waals surface area contributed by atoms with Gasteiger partial charge in [-0.3, -0.25) is 20.2 Å². The van der Waals surface area contributed by atoms with Crippen LogP contribution in [0.15, 0.2) is 59.2 Å². The zero-order chi connectivity index (χ0) is 22.1. The Kier molecular flexibility index (Phi) is 5.47.